The summed E-state index contributed by atoms with van der Waals surface area (Å²) in [6.07, 6.45) is 2.40. The van der Waals surface area contributed by atoms with E-state index >= 15 is 0 Å². The summed E-state index contributed by atoms with van der Waals surface area (Å²) in [5.74, 6) is 0.908. The van der Waals surface area contributed by atoms with Crippen LogP contribution in [0.4, 0.5) is 0 Å². The molecule has 5 nitrogen and oxygen atoms in total. The number of nitrogens with two attached hydrogens (primary N) is 1. The van der Waals surface area contributed by atoms with Gasteiger partial charge in [0.25, 0.3) is 0 Å². The van der Waals surface area contributed by atoms with Crippen LogP contribution in [0.5, 0.6) is 5.75 Å². The summed E-state index contributed by atoms with van der Waals surface area (Å²) in [6, 6.07) is 9.93. The SMILES string of the molecule is Cc1ncc(OC[C@@]2(c3ccccc3)C[C@H]2C(N)=O)c(C)n1. The van der Waals surface area contributed by atoms with Crippen molar-refractivity contribution in [2.24, 2.45) is 11.7 Å². The van der Waals surface area contributed by atoms with Crippen LogP contribution >= 0.6 is 0 Å². The van der Waals surface area contributed by atoms with Gasteiger partial charge in [-0.1, -0.05) is 30.3 Å². The molecule has 0 radical (unpaired) electrons. The summed E-state index contributed by atoms with van der Waals surface area (Å²) in [7, 11) is 0. The zero-order valence-corrected chi connectivity index (χ0v) is 12.7. The fourth-order valence-electron chi connectivity index (χ4n) is 2.93. The Morgan fingerprint density at radius 3 is 2.68 bits per heavy atom. The predicted octanol–water partition coefficient (Wildman–Crippen LogP) is 1.92. The van der Waals surface area contributed by atoms with Crippen LogP contribution in [0.3, 0.4) is 0 Å². The van der Waals surface area contributed by atoms with Crippen molar-refractivity contribution >= 4 is 5.91 Å². The van der Waals surface area contributed by atoms with Gasteiger partial charge in [0.15, 0.2) is 5.75 Å². The molecule has 0 spiro atoms. The molecule has 1 aromatic carbocycles. The van der Waals surface area contributed by atoms with Gasteiger partial charge < -0.3 is 10.5 Å². The molecule has 1 aromatic heterocycles. The molecule has 114 valence electrons. The molecule has 2 N–H and O–H groups in total. The minimum Gasteiger partial charge on any atom is -0.489 e. The molecule has 3 rings (SSSR count). The number of aromatic nitrogens is 2. The largest absolute Gasteiger partial charge is 0.489 e. The molecule has 1 saturated carbocycles. The van der Waals surface area contributed by atoms with Gasteiger partial charge in [-0.25, -0.2) is 9.97 Å². The van der Waals surface area contributed by atoms with Crippen molar-refractivity contribution in [3.8, 4) is 5.75 Å². The van der Waals surface area contributed by atoms with Gasteiger partial charge in [0.2, 0.25) is 5.91 Å². The Morgan fingerprint density at radius 1 is 1.36 bits per heavy atom. The van der Waals surface area contributed by atoms with Crippen molar-refractivity contribution in [3.63, 3.8) is 0 Å². The third kappa shape index (κ3) is 2.54. The molecule has 1 amide bonds. The Morgan fingerprint density at radius 2 is 2.09 bits per heavy atom. The van der Waals surface area contributed by atoms with E-state index < -0.39 is 0 Å². The molecular formula is C17H19N3O2. The number of benzene rings is 1. The van der Waals surface area contributed by atoms with Crippen molar-refractivity contribution in [3.05, 3.63) is 53.6 Å². The van der Waals surface area contributed by atoms with E-state index in [1.54, 1.807) is 6.20 Å². The predicted molar refractivity (Wildman–Crippen MR) is 82.4 cm³/mol. The van der Waals surface area contributed by atoms with Gasteiger partial charge in [0, 0.05) is 5.41 Å². The minimum atomic E-state index is -0.329. The maximum Gasteiger partial charge on any atom is 0.221 e. The second-order valence-electron chi connectivity index (χ2n) is 5.84. The summed E-state index contributed by atoms with van der Waals surface area (Å²) in [6.45, 7) is 4.13. The summed E-state index contributed by atoms with van der Waals surface area (Å²) in [4.78, 5) is 20.1. The molecule has 0 bridgehead atoms. The van der Waals surface area contributed by atoms with Crippen molar-refractivity contribution in [1.82, 2.24) is 9.97 Å². The lowest BCUT2D eigenvalue weighted by atomic mass is 9.94. The first-order chi connectivity index (χ1) is 10.5. The Kier molecular flexibility index (Phi) is 3.56. The molecule has 0 unspecified atom stereocenters. The highest BCUT2D eigenvalue weighted by Crippen LogP contribution is 2.54. The Balaban J connectivity index is 1.82. The number of hydrogen-bond donors (Lipinski definition) is 1. The molecule has 2 atom stereocenters. The number of primary amides is 1. The zero-order chi connectivity index (χ0) is 15.7. The summed E-state index contributed by atoms with van der Waals surface area (Å²) in [5, 5.41) is 0. The molecule has 2 aromatic rings. The maximum absolute atomic E-state index is 11.6. The minimum absolute atomic E-state index is 0.179. The average molecular weight is 297 g/mol. The van der Waals surface area contributed by atoms with E-state index in [0.29, 0.717) is 18.2 Å². The summed E-state index contributed by atoms with van der Waals surface area (Å²) in [5.41, 5.74) is 7.07. The van der Waals surface area contributed by atoms with E-state index in [1.165, 1.54) is 0 Å². The van der Waals surface area contributed by atoms with E-state index in [-0.39, 0.29) is 17.2 Å². The lowest BCUT2D eigenvalue weighted by Crippen LogP contribution is -2.27. The van der Waals surface area contributed by atoms with Crippen molar-refractivity contribution in [1.29, 1.82) is 0 Å². The van der Waals surface area contributed by atoms with Crippen LogP contribution in [0.25, 0.3) is 0 Å². The Hall–Kier alpha value is -2.43. The van der Waals surface area contributed by atoms with Crippen LogP contribution in [-0.4, -0.2) is 22.5 Å². The second kappa shape index (κ2) is 5.40. The topological polar surface area (TPSA) is 78.1 Å². The van der Waals surface area contributed by atoms with Crippen molar-refractivity contribution < 1.29 is 9.53 Å². The smallest absolute Gasteiger partial charge is 0.221 e. The van der Waals surface area contributed by atoms with E-state index in [9.17, 15) is 4.79 Å². The number of aryl methyl sites for hydroxylation is 2. The molecule has 5 heteroatoms. The lowest BCUT2D eigenvalue weighted by molar-refractivity contribution is -0.119. The summed E-state index contributed by atoms with van der Waals surface area (Å²) >= 11 is 0. The molecule has 1 aliphatic carbocycles. The molecule has 1 aliphatic rings. The second-order valence-corrected chi connectivity index (χ2v) is 5.84. The van der Waals surface area contributed by atoms with Crippen LogP contribution in [0.1, 0.15) is 23.5 Å². The number of carbonyl (C=O) groups is 1. The Labute approximate surface area is 129 Å². The fourth-order valence-corrected chi connectivity index (χ4v) is 2.93. The van der Waals surface area contributed by atoms with Crippen LogP contribution < -0.4 is 10.5 Å². The van der Waals surface area contributed by atoms with E-state index in [4.69, 9.17) is 10.5 Å². The van der Waals surface area contributed by atoms with E-state index in [2.05, 4.69) is 9.97 Å². The zero-order valence-electron chi connectivity index (χ0n) is 12.7. The number of ether oxygens (including phenoxy) is 1. The lowest BCUT2D eigenvalue weighted by Gasteiger charge is -2.19. The number of rotatable bonds is 5. The van der Waals surface area contributed by atoms with Gasteiger partial charge in [-0.15, -0.1) is 0 Å². The van der Waals surface area contributed by atoms with Crippen molar-refractivity contribution in [2.75, 3.05) is 6.61 Å². The first-order valence-electron chi connectivity index (χ1n) is 7.31. The van der Waals surface area contributed by atoms with Gasteiger partial charge in [0.05, 0.1) is 24.4 Å². The number of nitrogens with zero attached hydrogens (tertiary/aromatic N) is 2. The molecule has 22 heavy (non-hydrogen) atoms. The molecule has 0 aliphatic heterocycles. The number of hydrogen-bond acceptors (Lipinski definition) is 4. The standard InChI is InChI=1S/C17H19N3O2/c1-11-15(9-19-12(2)20-11)22-10-17(8-14(17)16(18)21)13-6-4-3-5-7-13/h3-7,9,14H,8,10H2,1-2H3,(H2,18,21)/t14-,17+/m0/s1. The van der Waals surface area contributed by atoms with Crippen LogP contribution in [0, 0.1) is 19.8 Å². The molecule has 0 saturated heterocycles. The first-order valence-corrected chi connectivity index (χ1v) is 7.31. The highest BCUT2D eigenvalue weighted by Gasteiger charge is 2.59. The average Bonchev–Trinajstić information content (AvgIpc) is 3.24. The van der Waals surface area contributed by atoms with Crippen LogP contribution in [-0.2, 0) is 10.2 Å². The van der Waals surface area contributed by atoms with E-state index in [0.717, 1.165) is 17.7 Å². The van der Waals surface area contributed by atoms with Gasteiger partial charge in [-0.2, -0.15) is 0 Å². The molecule has 1 heterocycles. The number of carbonyl (C=O) groups excluding carboxylic acids is 1. The van der Waals surface area contributed by atoms with Gasteiger partial charge >= 0.3 is 0 Å². The van der Waals surface area contributed by atoms with Crippen LogP contribution in [0.15, 0.2) is 36.5 Å². The highest BCUT2D eigenvalue weighted by atomic mass is 16.5. The highest BCUT2D eigenvalue weighted by molar-refractivity contribution is 5.82. The monoisotopic (exact) mass is 297 g/mol. The Bertz CT molecular complexity index is 702. The fraction of sp³-hybridized carbons (Fsp3) is 0.353. The third-order valence-corrected chi connectivity index (χ3v) is 4.31. The molecule has 1 fully saturated rings. The van der Waals surface area contributed by atoms with Crippen molar-refractivity contribution in [2.45, 2.75) is 25.7 Å². The molecular weight excluding hydrogens is 278 g/mol. The van der Waals surface area contributed by atoms with Crippen LogP contribution in [0.2, 0.25) is 0 Å². The van der Waals surface area contributed by atoms with Gasteiger partial charge in [-0.05, 0) is 25.8 Å². The first kappa shape index (κ1) is 14.5. The quantitative estimate of drug-likeness (QED) is 0.914. The normalized spacial score (nSPS) is 23.1. The van der Waals surface area contributed by atoms with E-state index in [1.807, 2.05) is 44.2 Å². The van der Waals surface area contributed by atoms with Gasteiger partial charge in [0.1, 0.15) is 5.82 Å². The summed E-state index contributed by atoms with van der Waals surface area (Å²) < 4.78 is 5.92. The van der Waals surface area contributed by atoms with Gasteiger partial charge in [-0.3, -0.25) is 4.79 Å². The third-order valence-electron chi connectivity index (χ3n) is 4.31. The number of amides is 1. The maximum atomic E-state index is 11.6.